The summed E-state index contributed by atoms with van der Waals surface area (Å²) in [7, 11) is 1.75. The molecule has 1 aromatic heterocycles. The van der Waals surface area contributed by atoms with Crippen molar-refractivity contribution in [3.63, 3.8) is 0 Å². The van der Waals surface area contributed by atoms with Crippen LogP contribution in [0.2, 0.25) is 0 Å². The highest BCUT2D eigenvalue weighted by Crippen LogP contribution is 2.27. The van der Waals surface area contributed by atoms with E-state index in [4.69, 9.17) is 0 Å². The second-order valence-corrected chi connectivity index (χ2v) is 6.83. The molecule has 3 aromatic rings. The van der Waals surface area contributed by atoms with Crippen molar-refractivity contribution in [2.75, 3.05) is 7.05 Å². The molecule has 3 nitrogen and oxygen atoms in total. The molecule has 2 aromatic carbocycles. The van der Waals surface area contributed by atoms with Gasteiger partial charge in [0.1, 0.15) is 5.82 Å². The molecular formula is C20H20FN3S. The second-order valence-electron chi connectivity index (χ2n) is 5.99. The molecule has 0 aliphatic heterocycles. The summed E-state index contributed by atoms with van der Waals surface area (Å²) >= 11 is 1.54. The van der Waals surface area contributed by atoms with Crippen molar-refractivity contribution in [3.8, 4) is 11.3 Å². The Morgan fingerprint density at radius 2 is 1.80 bits per heavy atom. The number of halogens is 1. The zero-order valence-electron chi connectivity index (χ0n) is 14.7. The molecule has 0 aliphatic carbocycles. The monoisotopic (exact) mass is 353 g/mol. The third-order valence-corrected chi connectivity index (χ3v) is 5.07. The van der Waals surface area contributed by atoms with E-state index in [9.17, 15) is 4.39 Å². The van der Waals surface area contributed by atoms with E-state index in [1.165, 1.54) is 40.2 Å². The fourth-order valence-corrected chi connectivity index (χ4v) is 3.49. The van der Waals surface area contributed by atoms with Gasteiger partial charge in [-0.15, -0.1) is 11.3 Å². The Kier molecular flexibility index (Phi) is 4.95. The number of nitrogens with zero attached hydrogens (tertiary/aromatic N) is 3. The molecule has 25 heavy (non-hydrogen) atoms. The maximum absolute atomic E-state index is 13.4. The van der Waals surface area contributed by atoms with E-state index in [0.29, 0.717) is 5.56 Å². The van der Waals surface area contributed by atoms with Gasteiger partial charge in [-0.3, -0.25) is 4.99 Å². The molecule has 128 valence electrons. The maximum Gasteiger partial charge on any atom is 0.205 e. The number of benzene rings is 2. The molecule has 5 heteroatoms. The summed E-state index contributed by atoms with van der Waals surface area (Å²) in [5.74, 6) is -0.273. The number of hydrogen-bond acceptors (Lipinski definition) is 3. The Bertz CT molecular complexity index is 1010. The van der Waals surface area contributed by atoms with Crippen molar-refractivity contribution in [2.24, 2.45) is 10.1 Å². The first-order valence-corrected chi connectivity index (χ1v) is 8.89. The van der Waals surface area contributed by atoms with Crippen LogP contribution in [0.4, 0.5) is 4.39 Å². The van der Waals surface area contributed by atoms with Crippen LogP contribution in [0.5, 0.6) is 0 Å². The van der Waals surface area contributed by atoms with Crippen molar-refractivity contribution in [1.29, 1.82) is 0 Å². The highest BCUT2D eigenvalue weighted by molar-refractivity contribution is 7.07. The first kappa shape index (κ1) is 17.3. The first-order chi connectivity index (χ1) is 12.0. The normalized spacial score (nSPS) is 12.3. The van der Waals surface area contributed by atoms with E-state index >= 15 is 0 Å². The van der Waals surface area contributed by atoms with Gasteiger partial charge in [0.25, 0.3) is 0 Å². The van der Waals surface area contributed by atoms with Crippen molar-refractivity contribution in [1.82, 2.24) is 4.68 Å². The van der Waals surface area contributed by atoms with Gasteiger partial charge in [-0.2, -0.15) is 5.10 Å². The van der Waals surface area contributed by atoms with E-state index in [0.717, 1.165) is 16.1 Å². The molecule has 0 saturated carbocycles. The predicted molar refractivity (Wildman–Crippen MR) is 103 cm³/mol. The molecule has 0 unspecified atom stereocenters. The molecule has 1 heterocycles. The predicted octanol–water partition coefficient (Wildman–Crippen LogP) is 4.69. The van der Waals surface area contributed by atoms with E-state index in [-0.39, 0.29) is 5.82 Å². The molecule has 0 radical (unpaired) electrons. The Morgan fingerprint density at radius 3 is 2.52 bits per heavy atom. The summed E-state index contributed by atoms with van der Waals surface area (Å²) in [6, 6.07) is 10.7. The Morgan fingerprint density at radius 1 is 1.04 bits per heavy atom. The largest absolute Gasteiger partial charge is 0.261 e. The number of thiazole rings is 1. The van der Waals surface area contributed by atoms with E-state index in [1.54, 1.807) is 19.3 Å². The number of rotatable bonds is 3. The minimum absolute atomic E-state index is 0.273. The molecule has 0 bridgehead atoms. The maximum atomic E-state index is 13.4. The van der Waals surface area contributed by atoms with Crippen LogP contribution in [0, 0.1) is 26.6 Å². The minimum Gasteiger partial charge on any atom is -0.261 e. The number of hydrogen-bond donors (Lipinski definition) is 0. The van der Waals surface area contributed by atoms with Crippen molar-refractivity contribution < 1.29 is 4.39 Å². The summed E-state index contributed by atoms with van der Waals surface area (Å²) < 4.78 is 15.2. The third-order valence-electron chi connectivity index (χ3n) is 4.16. The lowest BCUT2D eigenvalue weighted by molar-refractivity contribution is 0.627. The van der Waals surface area contributed by atoms with Crippen molar-refractivity contribution in [2.45, 2.75) is 20.8 Å². The molecule has 0 aliphatic rings. The van der Waals surface area contributed by atoms with E-state index < -0.39 is 0 Å². The molecule has 0 atom stereocenters. The summed E-state index contributed by atoms with van der Waals surface area (Å²) in [6.45, 7) is 6.32. The molecule has 0 N–H and O–H groups in total. The van der Waals surface area contributed by atoms with Gasteiger partial charge in [-0.25, -0.2) is 9.07 Å². The fourth-order valence-electron chi connectivity index (χ4n) is 2.70. The van der Waals surface area contributed by atoms with Crippen LogP contribution in [-0.2, 0) is 0 Å². The highest BCUT2D eigenvalue weighted by atomic mass is 32.1. The van der Waals surface area contributed by atoms with Crippen LogP contribution in [-0.4, -0.2) is 17.9 Å². The first-order valence-electron chi connectivity index (χ1n) is 8.01. The molecular weight excluding hydrogens is 333 g/mol. The third kappa shape index (κ3) is 3.61. The van der Waals surface area contributed by atoms with E-state index in [1.807, 2.05) is 10.7 Å². The Hall–Kier alpha value is -2.53. The SMILES string of the molecule is CN=c1scc(-c2cc(C)c(C)cc2C)n1N=Cc1cccc(F)c1. The van der Waals surface area contributed by atoms with E-state index in [2.05, 4.69) is 48.4 Å². The molecule has 0 spiro atoms. The fraction of sp³-hybridized carbons (Fsp3) is 0.200. The van der Waals surface area contributed by atoms with Gasteiger partial charge < -0.3 is 0 Å². The summed E-state index contributed by atoms with van der Waals surface area (Å²) in [5, 5.41) is 6.62. The highest BCUT2D eigenvalue weighted by Gasteiger charge is 2.11. The second kappa shape index (κ2) is 7.15. The van der Waals surface area contributed by atoms with Crippen LogP contribution in [0.25, 0.3) is 11.3 Å². The minimum atomic E-state index is -0.273. The lowest BCUT2D eigenvalue weighted by Gasteiger charge is -2.10. The smallest absolute Gasteiger partial charge is 0.205 e. The van der Waals surface area contributed by atoms with Gasteiger partial charge in [0.05, 0.1) is 11.9 Å². The zero-order valence-corrected chi connectivity index (χ0v) is 15.6. The molecule has 0 fully saturated rings. The van der Waals surface area contributed by atoms with Gasteiger partial charge >= 0.3 is 0 Å². The quantitative estimate of drug-likeness (QED) is 0.611. The average Bonchev–Trinajstić information content (AvgIpc) is 2.99. The van der Waals surface area contributed by atoms with Crippen LogP contribution < -0.4 is 4.80 Å². The summed E-state index contributed by atoms with van der Waals surface area (Å²) in [4.78, 5) is 5.10. The summed E-state index contributed by atoms with van der Waals surface area (Å²) in [5.41, 5.74) is 6.53. The van der Waals surface area contributed by atoms with Gasteiger partial charge in [-0.05, 0) is 61.2 Å². The molecule has 0 saturated heterocycles. The Labute approximate surface area is 150 Å². The standard InChI is InChI=1S/C20H20FN3S/c1-13-8-15(3)18(9-14(13)2)19-12-25-20(22-4)24(19)23-11-16-6-5-7-17(21)10-16/h5-12H,1-4H3. The van der Waals surface area contributed by atoms with Gasteiger partial charge in [0.2, 0.25) is 4.80 Å². The van der Waals surface area contributed by atoms with Crippen LogP contribution in [0.1, 0.15) is 22.3 Å². The van der Waals surface area contributed by atoms with Crippen molar-refractivity contribution >= 4 is 17.6 Å². The number of aryl methyl sites for hydroxylation is 3. The van der Waals surface area contributed by atoms with Crippen LogP contribution >= 0.6 is 11.3 Å². The molecule has 3 rings (SSSR count). The number of aromatic nitrogens is 1. The lowest BCUT2D eigenvalue weighted by Crippen LogP contribution is -2.12. The topological polar surface area (TPSA) is 29.6 Å². The van der Waals surface area contributed by atoms with Crippen LogP contribution in [0.15, 0.2) is 51.9 Å². The van der Waals surface area contributed by atoms with Crippen LogP contribution in [0.3, 0.4) is 0 Å². The lowest BCUT2D eigenvalue weighted by atomic mass is 9.99. The van der Waals surface area contributed by atoms with Crippen molar-refractivity contribution in [3.05, 3.63) is 74.7 Å². The zero-order chi connectivity index (χ0) is 18.0. The summed E-state index contributed by atoms with van der Waals surface area (Å²) in [6.07, 6.45) is 1.66. The average molecular weight is 353 g/mol. The van der Waals surface area contributed by atoms with Gasteiger partial charge in [0.15, 0.2) is 0 Å². The van der Waals surface area contributed by atoms with Gasteiger partial charge in [-0.1, -0.05) is 18.2 Å². The molecule has 0 amide bonds. The Balaban J connectivity index is 2.12. The van der Waals surface area contributed by atoms with Gasteiger partial charge in [0, 0.05) is 18.0 Å².